The molecule has 5 heteroatoms. The Hall–Kier alpha value is -2.14. The van der Waals surface area contributed by atoms with E-state index in [0.29, 0.717) is 12.6 Å². The molecule has 0 radical (unpaired) electrons. The zero-order valence-corrected chi connectivity index (χ0v) is 13.7. The molecule has 24 heavy (non-hydrogen) atoms. The number of carbonyl (C=O) groups excluding carboxylic acids is 1. The highest BCUT2D eigenvalue weighted by Gasteiger charge is 2.45. The third-order valence-corrected chi connectivity index (χ3v) is 5.62. The highest BCUT2D eigenvalue weighted by Crippen LogP contribution is 2.37. The monoisotopic (exact) mass is 322 g/mol. The van der Waals surface area contributed by atoms with Crippen molar-refractivity contribution in [3.63, 3.8) is 0 Å². The number of likely N-dealkylation sites (tertiary alicyclic amines) is 1. The molecule has 2 aromatic heterocycles. The maximum Gasteiger partial charge on any atom is 0.271 e. The van der Waals surface area contributed by atoms with E-state index in [4.69, 9.17) is 0 Å². The van der Waals surface area contributed by atoms with Crippen LogP contribution in [-0.4, -0.2) is 50.9 Å². The van der Waals surface area contributed by atoms with Crippen molar-refractivity contribution in [3.8, 4) is 0 Å². The van der Waals surface area contributed by atoms with Gasteiger partial charge >= 0.3 is 0 Å². The molecule has 1 saturated carbocycles. The number of carbonyl (C=O) groups is 1. The van der Waals surface area contributed by atoms with Crippen LogP contribution in [0.2, 0.25) is 0 Å². The van der Waals surface area contributed by atoms with Crippen LogP contribution in [0.1, 0.15) is 35.1 Å². The van der Waals surface area contributed by atoms with E-state index < -0.39 is 0 Å². The number of hydrogen-bond donors (Lipinski definition) is 0. The number of rotatable bonds is 4. The summed E-state index contributed by atoms with van der Waals surface area (Å²) in [7, 11) is 0. The molecule has 0 N–H and O–H groups in total. The topological polar surface area (TPSA) is 41.4 Å². The Bertz CT molecular complexity index is 752. The summed E-state index contributed by atoms with van der Waals surface area (Å²) in [5.74, 6) is 1.02. The lowest BCUT2D eigenvalue weighted by atomic mass is 10.1. The molecule has 2 fully saturated rings. The number of aromatic nitrogens is 2. The van der Waals surface area contributed by atoms with Crippen molar-refractivity contribution in [2.24, 2.45) is 5.92 Å². The van der Waals surface area contributed by atoms with Gasteiger partial charge in [0.2, 0.25) is 0 Å². The zero-order valence-electron chi connectivity index (χ0n) is 13.7. The molecule has 5 rings (SSSR count). The van der Waals surface area contributed by atoms with Crippen LogP contribution in [0.15, 0.2) is 42.7 Å². The zero-order chi connectivity index (χ0) is 16.1. The fourth-order valence-electron chi connectivity index (χ4n) is 4.26. The van der Waals surface area contributed by atoms with Crippen molar-refractivity contribution in [3.05, 3.63) is 54.1 Å². The van der Waals surface area contributed by atoms with E-state index in [0.717, 1.165) is 30.4 Å². The van der Waals surface area contributed by atoms with Crippen molar-refractivity contribution < 1.29 is 4.79 Å². The SMILES string of the molecule is O=C1c2cccn2C2CN(CC3CC3)CC2N1Cc1ccccn1. The predicted molar refractivity (Wildman–Crippen MR) is 90.5 cm³/mol. The van der Waals surface area contributed by atoms with Gasteiger partial charge in [-0.1, -0.05) is 6.07 Å². The van der Waals surface area contributed by atoms with Gasteiger partial charge in [0.25, 0.3) is 5.91 Å². The summed E-state index contributed by atoms with van der Waals surface area (Å²) in [5, 5.41) is 0. The minimum Gasteiger partial charge on any atom is -0.337 e. The first-order valence-electron chi connectivity index (χ1n) is 8.89. The lowest BCUT2D eigenvalue weighted by Gasteiger charge is -2.38. The molecule has 1 amide bonds. The van der Waals surface area contributed by atoms with Gasteiger partial charge in [-0.3, -0.25) is 14.7 Å². The van der Waals surface area contributed by atoms with Crippen LogP contribution in [0, 0.1) is 5.92 Å². The van der Waals surface area contributed by atoms with Crippen molar-refractivity contribution in [1.82, 2.24) is 19.4 Å². The van der Waals surface area contributed by atoms with Gasteiger partial charge in [-0.05, 0) is 43.0 Å². The fraction of sp³-hybridized carbons (Fsp3) is 0.474. The molecule has 0 bridgehead atoms. The molecule has 1 aliphatic carbocycles. The van der Waals surface area contributed by atoms with Gasteiger partial charge < -0.3 is 9.47 Å². The first kappa shape index (κ1) is 14.2. The smallest absolute Gasteiger partial charge is 0.271 e. The van der Waals surface area contributed by atoms with E-state index in [-0.39, 0.29) is 11.9 Å². The molecular formula is C19H22N4O. The summed E-state index contributed by atoms with van der Waals surface area (Å²) in [5.41, 5.74) is 1.78. The van der Waals surface area contributed by atoms with Gasteiger partial charge in [0.15, 0.2) is 0 Å². The van der Waals surface area contributed by atoms with Crippen LogP contribution in [0.4, 0.5) is 0 Å². The molecule has 2 atom stereocenters. The standard InChI is InChI=1S/C19H22N4O/c24-19-16-5-3-9-22(16)17-12-21(10-14-6-7-14)13-18(17)23(19)11-15-4-1-2-8-20-15/h1-5,8-9,14,17-18H,6-7,10-13H2. The summed E-state index contributed by atoms with van der Waals surface area (Å²) < 4.78 is 2.20. The van der Waals surface area contributed by atoms with Gasteiger partial charge in [0.1, 0.15) is 5.69 Å². The van der Waals surface area contributed by atoms with Crippen molar-refractivity contribution >= 4 is 5.91 Å². The Balaban J connectivity index is 1.46. The Morgan fingerprint density at radius 1 is 1.08 bits per heavy atom. The molecule has 0 aromatic carbocycles. The number of fused-ring (bicyclic) bond motifs is 3. The maximum atomic E-state index is 13.0. The molecule has 3 aliphatic rings. The van der Waals surface area contributed by atoms with Gasteiger partial charge in [-0.25, -0.2) is 0 Å². The van der Waals surface area contributed by atoms with E-state index in [9.17, 15) is 4.79 Å². The molecular weight excluding hydrogens is 300 g/mol. The van der Waals surface area contributed by atoms with Crippen LogP contribution in [0.5, 0.6) is 0 Å². The average molecular weight is 322 g/mol. The second kappa shape index (κ2) is 5.45. The number of amides is 1. The maximum absolute atomic E-state index is 13.0. The molecule has 2 aromatic rings. The predicted octanol–water partition coefficient (Wildman–Crippen LogP) is 2.17. The third kappa shape index (κ3) is 2.35. The number of hydrogen-bond acceptors (Lipinski definition) is 3. The van der Waals surface area contributed by atoms with Crippen molar-refractivity contribution in [2.75, 3.05) is 19.6 Å². The quantitative estimate of drug-likeness (QED) is 0.866. The van der Waals surface area contributed by atoms with Gasteiger partial charge in [-0.15, -0.1) is 0 Å². The Morgan fingerprint density at radius 3 is 2.75 bits per heavy atom. The molecule has 124 valence electrons. The van der Waals surface area contributed by atoms with Crippen LogP contribution in [0.25, 0.3) is 0 Å². The second-order valence-corrected chi connectivity index (χ2v) is 7.35. The van der Waals surface area contributed by atoms with E-state index in [1.807, 2.05) is 30.3 Å². The Morgan fingerprint density at radius 2 is 1.96 bits per heavy atom. The lowest BCUT2D eigenvalue weighted by molar-refractivity contribution is 0.0553. The molecule has 2 aliphatic heterocycles. The second-order valence-electron chi connectivity index (χ2n) is 7.35. The first-order chi connectivity index (χ1) is 11.8. The van der Waals surface area contributed by atoms with Crippen molar-refractivity contribution in [2.45, 2.75) is 31.5 Å². The number of pyridine rings is 1. The third-order valence-electron chi connectivity index (χ3n) is 5.62. The molecule has 4 heterocycles. The highest BCUT2D eigenvalue weighted by atomic mass is 16.2. The van der Waals surface area contributed by atoms with Crippen molar-refractivity contribution in [1.29, 1.82) is 0 Å². The molecule has 0 spiro atoms. The summed E-state index contributed by atoms with van der Waals surface area (Å²) in [6, 6.07) is 10.5. The summed E-state index contributed by atoms with van der Waals surface area (Å²) in [6.45, 7) is 3.82. The van der Waals surface area contributed by atoms with E-state index in [1.165, 1.54) is 19.4 Å². The Labute approximate surface area is 141 Å². The Kier molecular flexibility index (Phi) is 3.23. The van der Waals surface area contributed by atoms with Crippen LogP contribution >= 0.6 is 0 Å². The lowest BCUT2D eigenvalue weighted by Crippen LogP contribution is -2.49. The highest BCUT2D eigenvalue weighted by molar-refractivity contribution is 5.94. The first-order valence-corrected chi connectivity index (χ1v) is 8.89. The van der Waals surface area contributed by atoms with Crippen LogP contribution in [-0.2, 0) is 6.54 Å². The fourth-order valence-corrected chi connectivity index (χ4v) is 4.26. The van der Waals surface area contributed by atoms with E-state index >= 15 is 0 Å². The van der Waals surface area contributed by atoms with Crippen LogP contribution in [0.3, 0.4) is 0 Å². The minimum atomic E-state index is 0.139. The largest absolute Gasteiger partial charge is 0.337 e. The van der Waals surface area contributed by atoms with Gasteiger partial charge in [-0.2, -0.15) is 0 Å². The summed E-state index contributed by atoms with van der Waals surface area (Å²) >= 11 is 0. The molecule has 2 unspecified atom stereocenters. The van der Waals surface area contributed by atoms with Gasteiger partial charge in [0, 0.05) is 32.0 Å². The number of nitrogens with zero attached hydrogens (tertiary/aromatic N) is 4. The van der Waals surface area contributed by atoms with E-state index in [2.05, 4.69) is 25.5 Å². The van der Waals surface area contributed by atoms with E-state index in [1.54, 1.807) is 6.20 Å². The normalized spacial score (nSPS) is 26.5. The van der Waals surface area contributed by atoms with Gasteiger partial charge in [0.05, 0.1) is 24.3 Å². The molecule has 5 nitrogen and oxygen atoms in total. The summed E-state index contributed by atoms with van der Waals surface area (Å²) in [6.07, 6.45) is 6.62. The minimum absolute atomic E-state index is 0.139. The summed E-state index contributed by atoms with van der Waals surface area (Å²) in [4.78, 5) is 22.1. The molecule has 1 saturated heterocycles. The average Bonchev–Trinajstić information content (AvgIpc) is 3.10. The van der Waals surface area contributed by atoms with Crippen LogP contribution < -0.4 is 0 Å².